The predicted molar refractivity (Wildman–Crippen MR) is 64.0 cm³/mol. The summed E-state index contributed by atoms with van der Waals surface area (Å²) in [5, 5.41) is 3.89. The van der Waals surface area contributed by atoms with E-state index in [0.717, 1.165) is 12.8 Å². The molecule has 0 radical (unpaired) electrons. The summed E-state index contributed by atoms with van der Waals surface area (Å²) in [4.78, 5) is 15.1. The molecule has 1 aliphatic carbocycles. The van der Waals surface area contributed by atoms with E-state index in [1.165, 1.54) is 11.1 Å². The summed E-state index contributed by atoms with van der Waals surface area (Å²) >= 11 is 0. The number of aromatic nitrogens is 2. The van der Waals surface area contributed by atoms with Gasteiger partial charge in [0.05, 0.1) is 5.41 Å². The first-order chi connectivity index (χ1) is 8.62. The van der Waals surface area contributed by atoms with E-state index in [1.54, 1.807) is 0 Å². The molecule has 5 heteroatoms. The number of aryl methyl sites for hydroxylation is 1. The van der Waals surface area contributed by atoms with Crippen LogP contribution in [0.5, 0.6) is 0 Å². The number of carbonyl (C=O) groups is 1. The molecule has 1 heterocycles. The van der Waals surface area contributed by atoms with Gasteiger partial charge in [0, 0.05) is 0 Å². The van der Waals surface area contributed by atoms with Crippen LogP contribution >= 0.6 is 0 Å². The lowest BCUT2D eigenvalue weighted by molar-refractivity contribution is 0.0958. The molecule has 0 bridgehead atoms. The lowest BCUT2D eigenvalue weighted by atomic mass is 9.94. The van der Waals surface area contributed by atoms with E-state index in [4.69, 9.17) is 10.3 Å². The number of hydrogen-bond acceptors (Lipinski definition) is 4. The highest BCUT2D eigenvalue weighted by molar-refractivity contribution is 5.87. The molecule has 0 spiro atoms. The summed E-state index contributed by atoms with van der Waals surface area (Å²) < 4.78 is 4.87. The molecular weight excluding hydrogens is 230 g/mol. The van der Waals surface area contributed by atoms with Crippen LogP contribution < -0.4 is 5.73 Å². The molecule has 92 valence electrons. The third-order valence-corrected chi connectivity index (χ3v) is 3.39. The van der Waals surface area contributed by atoms with Gasteiger partial charge in [0.1, 0.15) is 0 Å². The van der Waals surface area contributed by atoms with E-state index in [1.807, 2.05) is 19.1 Å². The lowest BCUT2D eigenvalue weighted by Crippen LogP contribution is -2.14. The average molecular weight is 243 g/mol. The zero-order chi connectivity index (χ0) is 12.8. The van der Waals surface area contributed by atoms with Gasteiger partial charge in [-0.15, -0.1) is 0 Å². The smallest absolute Gasteiger partial charge is 0.315 e. The highest BCUT2D eigenvalue weighted by atomic mass is 16.5. The Kier molecular flexibility index (Phi) is 2.23. The fourth-order valence-electron chi connectivity index (χ4n) is 2.23. The van der Waals surface area contributed by atoms with Gasteiger partial charge in [0.25, 0.3) is 0 Å². The molecule has 1 saturated carbocycles. The van der Waals surface area contributed by atoms with Crippen LogP contribution in [-0.2, 0) is 5.41 Å². The fourth-order valence-corrected chi connectivity index (χ4v) is 2.23. The number of hydrogen-bond donors (Lipinski definition) is 1. The monoisotopic (exact) mass is 243 g/mol. The van der Waals surface area contributed by atoms with Gasteiger partial charge in [-0.2, -0.15) is 4.98 Å². The van der Waals surface area contributed by atoms with Crippen molar-refractivity contribution in [2.75, 3.05) is 0 Å². The van der Waals surface area contributed by atoms with Gasteiger partial charge in [-0.1, -0.05) is 35.0 Å². The van der Waals surface area contributed by atoms with Gasteiger partial charge < -0.3 is 10.3 Å². The SMILES string of the molecule is Cc1cccc(C2(c3noc(C(N)=O)n3)CC2)c1. The molecule has 3 rings (SSSR count). The van der Waals surface area contributed by atoms with E-state index < -0.39 is 5.91 Å². The number of rotatable bonds is 3. The minimum absolute atomic E-state index is 0.121. The number of carbonyl (C=O) groups excluding carboxylic acids is 1. The number of amides is 1. The van der Waals surface area contributed by atoms with Crippen LogP contribution in [0.15, 0.2) is 28.8 Å². The fraction of sp³-hybridized carbons (Fsp3) is 0.308. The minimum atomic E-state index is -0.686. The number of benzene rings is 1. The third kappa shape index (κ3) is 1.59. The molecule has 0 atom stereocenters. The van der Waals surface area contributed by atoms with Crippen molar-refractivity contribution in [2.45, 2.75) is 25.2 Å². The summed E-state index contributed by atoms with van der Waals surface area (Å²) in [6.45, 7) is 2.05. The van der Waals surface area contributed by atoms with Crippen LogP contribution in [0.1, 0.15) is 40.5 Å². The first kappa shape index (κ1) is 11.0. The first-order valence-electron chi connectivity index (χ1n) is 5.83. The highest BCUT2D eigenvalue weighted by Crippen LogP contribution is 2.52. The number of nitrogens with zero attached hydrogens (tertiary/aromatic N) is 2. The summed E-state index contributed by atoms with van der Waals surface area (Å²) in [6, 6.07) is 8.23. The number of primary amides is 1. The Balaban J connectivity index is 2.02. The molecule has 1 amide bonds. The molecule has 1 aromatic heterocycles. The Morgan fingerprint density at radius 2 is 2.22 bits per heavy atom. The molecule has 2 N–H and O–H groups in total. The van der Waals surface area contributed by atoms with E-state index >= 15 is 0 Å². The normalized spacial score (nSPS) is 16.5. The van der Waals surface area contributed by atoms with Gasteiger partial charge in [-0.05, 0) is 25.3 Å². The van der Waals surface area contributed by atoms with Crippen molar-refractivity contribution in [1.29, 1.82) is 0 Å². The molecule has 18 heavy (non-hydrogen) atoms. The lowest BCUT2D eigenvalue weighted by Gasteiger charge is -2.11. The zero-order valence-corrected chi connectivity index (χ0v) is 10.0. The average Bonchev–Trinajstić information content (AvgIpc) is 2.99. The van der Waals surface area contributed by atoms with Crippen LogP contribution in [0.25, 0.3) is 0 Å². The predicted octanol–water partition coefficient (Wildman–Crippen LogP) is 1.56. The Morgan fingerprint density at radius 1 is 1.44 bits per heavy atom. The standard InChI is InChI=1S/C13H13N3O2/c1-8-3-2-4-9(7-8)13(5-6-13)12-15-11(10(14)17)18-16-12/h2-4,7H,5-6H2,1H3,(H2,14,17). The second-order valence-electron chi connectivity index (χ2n) is 4.74. The summed E-state index contributed by atoms with van der Waals surface area (Å²) in [5.41, 5.74) is 7.29. The maximum Gasteiger partial charge on any atom is 0.315 e. The van der Waals surface area contributed by atoms with Crippen LogP contribution in [0, 0.1) is 6.92 Å². The molecule has 1 fully saturated rings. The van der Waals surface area contributed by atoms with Gasteiger partial charge in [-0.25, -0.2) is 0 Å². The molecule has 1 aromatic carbocycles. The topological polar surface area (TPSA) is 82.0 Å². The minimum Gasteiger partial charge on any atom is -0.361 e. The van der Waals surface area contributed by atoms with E-state index in [2.05, 4.69) is 22.3 Å². The Hall–Kier alpha value is -2.17. The second-order valence-corrected chi connectivity index (χ2v) is 4.74. The Morgan fingerprint density at radius 3 is 2.78 bits per heavy atom. The Labute approximate surface area is 104 Å². The Bertz CT molecular complexity index is 614. The summed E-state index contributed by atoms with van der Waals surface area (Å²) in [5.74, 6) is -0.250. The van der Waals surface area contributed by atoms with Gasteiger partial charge in [0.2, 0.25) is 0 Å². The highest BCUT2D eigenvalue weighted by Gasteiger charge is 2.50. The third-order valence-electron chi connectivity index (χ3n) is 3.39. The van der Waals surface area contributed by atoms with Crippen molar-refractivity contribution in [2.24, 2.45) is 5.73 Å². The van der Waals surface area contributed by atoms with E-state index in [9.17, 15) is 4.79 Å². The van der Waals surface area contributed by atoms with Crippen molar-refractivity contribution >= 4 is 5.91 Å². The second kappa shape index (κ2) is 3.66. The maximum atomic E-state index is 11.0. The molecule has 0 aliphatic heterocycles. The maximum absolute atomic E-state index is 11.0. The van der Waals surface area contributed by atoms with Gasteiger partial charge >= 0.3 is 11.8 Å². The molecule has 0 saturated heterocycles. The zero-order valence-electron chi connectivity index (χ0n) is 10.0. The van der Waals surface area contributed by atoms with Crippen molar-refractivity contribution in [1.82, 2.24) is 10.1 Å². The molecular formula is C13H13N3O2. The summed E-state index contributed by atoms with van der Waals surface area (Å²) in [7, 11) is 0. The molecule has 2 aromatic rings. The van der Waals surface area contributed by atoms with Crippen LogP contribution in [0.2, 0.25) is 0 Å². The van der Waals surface area contributed by atoms with Crippen LogP contribution in [0.4, 0.5) is 0 Å². The van der Waals surface area contributed by atoms with Crippen molar-refractivity contribution in [3.8, 4) is 0 Å². The molecule has 5 nitrogen and oxygen atoms in total. The van der Waals surface area contributed by atoms with Crippen molar-refractivity contribution in [3.05, 3.63) is 47.1 Å². The molecule has 1 aliphatic rings. The summed E-state index contributed by atoms with van der Waals surface area (Å²) in [6.07, 6.45) is 1.93. The quantitative estimate of drug-likeness (QED) is 0.886. The van der Waals surface area contributed by atoms with Crippen LogP contribution in [-0.4, -0.2) is 16.0 Å². The largest absolute Gasteiger partial charge is 0.361 e. The van der Waals surface area contributed by atoms with Crippen molar-refractivity contribution in [3.63, 3.8) is 0 Å². The van der Waals surface area contributed by atoms with E-state index in [0.29, 0.717) is 5.82 Å². The van der Waals surface area contributed by atoms with Crippen LogP contribution in [0.3, 0.4) is 0 Å². The van der Waals surface area contributed by atoms with E-state index in [-0.39, 0.29) is 11.3 Å². The number of nitrogens with two attached hydrogens (primary N) is 1. The van der Waals surface area contributed by atoms with Crippen molar-refractivity contribution < 1.29 is 9.32 Å². The first-order valence-corrected chi connectivity index (χ1v) is 5.83. The van der Waals surface area contributed by atoms with Gasteiger partial charge in [0.15, 0.2) is 5.82 Å². The van der Waals surface area contributed by atoms with Gasteiger partial charge in [-0.3, -0.25) is 4.79 Å². The molecule has 0 unspecified atom stereocenters.